The lowest BCUT2D eigenvalue weighted by atomic mass is 10.1. The third-order valence-electron chi connectivity index (χ3n) is 3.61. The Kier molecular flexibility index (Phi) is 2.80. The zero-order valence-electron chi connectivity index (χ0n) is 11.0. The molecule has 0 amide bonds. The molecule has 0 bridgehead atoms. The normalized spacial score (nSPS) is 13.6. The number of hydrogen-bond acceptors (Lipinski definition) is 4. The minimum absolute atomic E-state index is 0.149. The summed E-state index contributed by atoms with van der Waals surface area (Å²) in [5.41, 5.74) is 3.99. The Bertz CT molecular complexity index is 864. The van der Waals surface area contributed by atoms with Gasteiger partial charge in [0, 0.05) is 10.9 Å². The molecule has 5 heteroatoms. The van der Waals surface area contributed by atoms with Crippen LogP contribution in [0.1, 0.15) is 11.1 Å². The van der Waals surface area contributed by atoms with E-state index in [0.29, 0.717) is 35.1 Å². The van der Waals surface area contributed by atoms with Crippen LogP contribution in [0.4, 0.5) is 0 Å². The summed E-state index contributed by atoms with van der Waals surface area (Å²) in [6.07, 6.45) is 0. The SMILES string of the molecule is Oc1ccc2nc(-c3ccc4c(c3)COC4)nc(Cl)c2c1. The second kappa shape index (κ2) is 4.69. The Hall–Kier alpha value is -2.17. The van der Waals surface area contributed by atoms with Crippen LogP contribution in [0.5, 0.6) is 5.75 Å². The number of aromatic nitrogens is 2. The topological polar surface area (TPSA) is 55.2 Å². The molecule has 0 saturated heterocycles. The molecule has 4 nitrogen and oxygen atoms in total. The Morgan fingerprint density at radius 3 is 2.76 bits per heavy atom. The van der Waals surface area contributed by atoms with Gasteiger partial charge in [0.2, 0.25) is 0 Å². The van der Waals surface area contributed by atoms with Gasteiger partial charge in [-0.25, -0.2) is 9.97 Å². The quantitative estimate of drug-likeness (QED) is 0.696. The van der Waals surface area contributed by atoms with E-state index in [1.807, 2.05) is 18.2 Å². The molecule has 4 rings (SSSR count). The zero-order chi connectivity index (χ0) is 14.4. The number of ether oxygens (including phenoxy) is 1. The summed E-state index contributed by atoms with van der Waals surface area (Å²) in [4.78, 5) is 8.87. The van der Waals surface area contributed by atoms with E-state index < -0.39 is 0 Å². The predicted molar refractivity (Wildman–Crippen MR) is 80.1 cm³/mol. The Morgan fingerprint density at radius 1 is 1.00 bits per heavy atom. The number of phenols is 1. The number of nitrogens with zero attached hydrogens (tertiary/aromatic N) is 2. The van der Waals surface area contributed by atoms with Crippen LogP contribution >= 0.6 is 11.6 Å². The van der Waals surface area contributed by atoms with Gasteiger partial charge < -0.3 is 9.84 Å². The standard InChI is InChI=1S/C16H11ClN2O2/c17-15-13-6-12(20)3-4-14(13)18-16(19-15)9-1-2-10-7-21-8-11(10)5-9/h1-6,20H,7-8H2. The number of benzene rings is 2. The van der Waals surface area contributed by atoms with Gasteiger partial charge in [0.15, 0.2) is 5.82 Å². The monoisotopic (exact) mass is 298 g/mol. The second-order valence-electron chi connectivity index (χ2n) is 5.02. The van der Waals surface area contributed by atoms with E-state index in [0.717, 1.165) is 11.1 Å². The third kappa shape index (κ3) is 2.13. The molecule has 3 aromatic rings. The van der Waals surface area contributed by atoms with Gasteiger partial charge in [0.1, 0.15) is 10.9 Å². The minimum Gasteiger partial charge on any atom is -0.508 e. The van der Waals surface area contributed by atoms with Crippen molar-refractivity contribution in [2.45, 2.75) is 13.2 Å². The van der Waals surface area contributed by atoms with Gasteiger partial charge in [-0.05, 0) is 35.4 Å². The highest BCUT2D eigenvalue weighted by Gasteiger charge is 2.14. The molecule has 1 N–H and O–H groups in total. The predicted octanol–water partition coefficient (Wildman–Crippen LogP) is 3.69. The van der Waals surface area contributed by atoms with Crippen molar-refractivity contribution in [1.29, 1.82) is 0 Å². The highest BCUT2D eigenvalue weighted by Crippen LogP contribution is 2.29. The average Bonchev–Trinajstić information content (AvgIpc) is 2.95. The van der Waals surface area contributed by atoms with Gasteiger partial charge in [-0.3, -0.25) is 0 Å². The number of phenolic OH excluding ortho intramolecular Hbond substituents is 1. The summed E-state index contributed by atoms with van der Waals surface area (Å²) >= 11 is 6.21. The molecule has 1 aliphatic rings. The summed E-state index contributed by atoms with van der Waals surface area (Å²) in [5.74, 6) is 0.725. The maximum absolute atomic E-state index is 9.52. The van der Waals surface area contributed by atoms with Crippen LogP contribution in [-0.2, 0) is 18.0 Å². The zero-order valence-corrected chi connectivity index (χ0v) is 11.8. The third-order valence-corrected chi connectivity index (χ3v) is 3.90. The molecular weight excluding hydrogens is 288 g/mol. The molecule has 1 aliphatic heterocycles. The molecule has 0 atom stereocenters. The Morgan fingerprint density at radius 2 is 1.86 bits per heavy atom. The number of rotatable bonds is 1. The van der Waals surface area contributed by atoms with Crippen LogP contribution in [0, 0.1) is 0 Å². The molecule has 0 radical (unpaired) electrons. The second-order valence-corrected chi connectivity index (χ2v) is 5.37. The number of hydrogen-bond donors (Lipinski definition) is 1. The fourth-order valence-corrected chi connectivity index (χ4v) is 2.75. The highest BCUT2D eigenvalue weighted by molar-refractivity contribution is 6.34. The fraction of sp³-hybridized carbons (Fsp3) is 0.125. The first kappa shape index (κ1) is 12.6. The van der Waals surface area contributed by atoms with Crippen molar-refractivity contribution in [2.24, 2.45) is 0 Å². The van der Waals surface area contributed by atoms with Crippen LogP contribution in [0.15, 0.2) is 36.4 Å². The molecule has 1 aromatic heterocycles. The van der Waals surface area contributed by atoms with E-state index in [-0.39, 0.29) is 5.75 Å². The van der Waals surface area contributed by atoms with Crippen molar-refractivity contribution < 1.29 is 9.84 Å². The summed E-state index contributed by atoms with van der Waals surface area (Å²) in [6.45, 7) is 1.28. The van der Waals surface area contributed by atoms with Gasteiger partial charge in [-0.2, -0.15) is 0 Å². The highest BCUT2D eigenvalue weighted by atomic mass is 35.5. The number of aromatic hydroxyl groups is 1. The molecule has 0 fully saturated rings. The van der Waals surface area contributed by atoms with E-state index in [4.69, 9.17) is 16.3 Å². The maximum Gasteiger partial charge on any atom is 0.161 e. The largest absolute Gasteiger partial charge is 0.508 e. The lowest BCUT2D eigenvalue weighted by molar-refractivity contribution is 0.134. The van der Waals surface area contributed by atoms with Crippen LogP contribution in [0.2, 0.25) is 5.15 Å². The molecule has 0 aliphatic carbocycles. The smallest absolute Gasteiger partial charge is 0.161 e. The Balaban J connectivity index is 1.89. The molecule has 0 spiro atoms. The average molecular weight is 299 g/mol. The van der Waals surface area contributed by atoms with Crippen LogP contribution in [0.3, 0.4) is 0 Å². The Labute approximate surface area is 126 Å². The summed E-state index contributed by atoms with van der Waals surface area (Å²) in [7, 11) is 0. The lowest BCUT2D eigenvalue weighted by Gasteiger charge is -2.06. The van der Waals surface area contributed by atoms with Gasteiger partial charge in [0.25, 0.3) is 0 Å². The van der Waals surface area contributed by atoms with E-state index in [9.17, 15) is 5.11 Å². The van der Waals surface area contributed by atoms with Crippen molar-refractivity contribution in [3.8, 4) is 17.1 Å². The van der Waals surface area contributed by atoms with Crippen LogP contribution < -0.4 is 0 Å². The lowest BCUT2D eigenvalue weighted by Crippen LogP contribution is -1.93. The van der Waals surface area contributed by atoms with Crippen molar-refractivity contribution in [3.05, 3.63) is 52.7 Å². The summed E-state index contributed by atoms with van der Waals surface area (Å²) in [6, 6.07) is 10.9. The van der Waals surface area contributed by atoms with Gasteiger partial charge in [0.05, 0.1) is 18.7 Å². The molecule has 2 aromatic carbocycles. The van der Waals surface area contributed by atoms with E-state index in [1.165, 1.54) is 5.56 Å². The molecule has 0 saturated carbocycles. The first-order valence-electron chi connectivity index (χ1n) is 6.57. The molecule has 21 heavy (non-hydrogen) atoms. The van der Waals surface area contributed by atoms with Crippen LogP contribution in [-0.4, -0.2) is 15.1 Å². The number of halogens is 1. The van der Waals surface area contributed by atoms with E-state index in [2.05, 4.69) is 9.97 Å². The van der Waals surface area contributed by atoms with Crippen molar-refractivity contribution in [1.82, 2.24) is 9.97 Å². The molecule has 2 heterocycles. The van der Waals surface area contributed by atoms with Gasteiger partial charge >= 0.3 is 0 Å². The van der Waals surface area contributed by atoms with Crippen molar-refractivity contribution in [2.75, 3.05) is 0 Å². The number of fused-ring (bicyclic) bond motifs is 2. The first-order chi connectivity index (χ1) is 10.2. The first-order valence-corrected chi connectivity index (χ1v) is 6.95. The molecule has 0 unspecified atom stereocenters. The maximum atomic E-state index is 9.52. The van der Waals surface area contributed by atoms with Gasteiger partial charge in [-0.15, -0.1) is 0 Å². The fourth-order valence-electron chi connectivity index (χ4n) is 2.52. The summed E-state index contributed by atoms with van der Waals surface area (Å²) < 4.78 is 5.42. The van der Waals surface area contributed by atoms with Crippen molar-refractivity contribution >= 4 is 22.5 Å². The van der Waals surface area contributed by atoms with Gasteiger partial charge in [-0.1, -0.05) is 23.7 Å². The van der Waals surface area contributed by atoms with E-state index in [1.54, 1.807) is 18.2 Å². The molecular formula is C16H11ClN2O2. The van der Waals surface area contributed by atoms with Crippen molar-refractivity contribution in [3.63, 3.8) is 0 Å². The minimum atomic E-state index is 0.149. The van der Waals surface area contributed by atoms with Crippen LogP contribution in [0.25, 0.3) is 22.3 Å². The van der Waals surface area contributed by atoms with E-state index >= 15 is 0 Å². The summed E-state index contributed by atoms with van der Waals surface area (Å²) in [5, 5.41) is 10.5. The molecule has 104 valence electrons.